The molecule has 0 radical (unpaired) electrons. The zero-order valence-corrected chi connectivity index (χ0v) is 31.9. The van der Waals surface area contributed by atoms with Crippen LogP contribution in [0.1, 0.15) is 82.4 Å². The summed E-state index contributed by atoms with van der Waals surface area (Å²) in [5, 5.41) is 5.95. The van der Waals surface area contributed by atoms with Crippen LogP contribution >= 0.6 is 11.3 Å². The molecule has 0 spiro atoms. The summed E-state index contributed by atoms with van der Waals surface area (Å²) in [4.78, 5) is 53.5. The second kappa shape index (κ2) is 14.1. The van der Waals surface area contributed by atoms with Gasteiger partial charge in [0, 0.05) is 41.9 Å². The maximum Gasteiger partial charge on any atom is 0.259 e. The molecule has 0 unspecified atom stereocenters. The monoisotopic (exact) mass is 749 g/mol. The van der Waals surface area contributed by atoms with Crippen LogP contribution in [0, 0.1) is 24.7 Å². The van der Waals surface area contributed by atoms with Crippen LogP contribution in [0.3, 0.4) is 0 Å². The van der Waals surface area contributed by atoms with Gasteiger partial charge < -0.3 is 19.7 Å². The standard InChI is InChI=1S/C38H47N5O7S2/c1-21(2)30-20-51-35(40-30)29-18-32(26-13-14-31(49-5)22(3)33(26)39-29)50-24-16-27-28(17-24)36(45)43(4)15-9-7-6-8-10-23-19-38(23,41-34(27)44)37(46)42-52(47,48)25-11-12-25/h8,10,13-14,18,20-21,23-25,27-28H,6-7,9,11-12,15-17,19H2,1-5H3,(H,41,44)(H,42,46)/b10-8+/t23-,24+,27+,28+,38+/m0/s1. The molecule has 1 aromatic carbocycles. The van der Waals surface area contributed by atoms with E-state index in [1.807, 2.05) is 42.7 Å². The number of aromatic nitrogens is 2. The van der Waals surface area contributed by atoms with E-state index in [4.69, 9.17) is 19.4 Å². The number of fused-ring (bicyclic) bond motifs is 3. The molecule has 0 saturated heterocycles. The molecule has 3 aliphatic carbocycles. The van der Waals surface area contributed by atoms with E-state index in [-0.39, 0.29) is 30.6 Å². The Hall–Kier alpha value is -4.04. The number of sulfonamides is 1. The molecular weight excluding hydrogens is 703 g/mol. The topological polar surface area (TPSA) is 157 Å². The van der Waals surface area contributed by atoms with Crippen LogP contribution in [-0.4, -0.2) is 78.6 Å². The minimum absolute atomic E-state index is 0.147. The molecule has 278 valence electrons. The lowest BCUT2D eigenvalue weighted by atomic mass is 9.93. The number of nitrogens with zero attached hydrogens (tertiary/aromatic N) is 3. The largest absolute Gasteiger partial charge is 0.496 e. The number of benzene rings is 1. The van der Waals surface area contributed by atoms with Crippen molar-refractivity contribution in [3.63, 3.8) is 0 Å². The van der Waals surface area contributed by atoms with Crippen molar-refractivity contribution in [3.05, 3.63) is 47.0 Å². The van der Waals surface area contributed by atoms with Gasteiger partial charge in [-0.05, 0) is 76.3 Å². The summed E-state index contributed by atoms with van der Waals surface area (Å²) in [6.45, 7) is 6.69. The first-order valence-corrected chi connectivity index (χ1v) is 20.6. The van der Waals surface area contributed by atoms with Gasteiger partial charge in [-0.3, -0.25) is 19.1 Å². The van der Waals surface area contributed by atoms with Gasteiger partial charge in [-0.25, -0.2) is 18.4 Å². The molecule has 4 aliphatic rings. The number of methoxy groups -OCH3 is 1. The van der Waals surface area contributed by atoms with E-state index < -0.39 is 50.6 Å². The molecule has 0 bridgehead atoms. The van der Waals surface area contributed by atoms with Gasteiger partial charge in [-0.2, -0.15) is 0 Å². The number of rotatable bonds is 8. The fourth-order valence-electron chi connectivity index (χ4n) is 7.55. The summed E-state index contributed by atoms with van der Waals surface area (Å²) in [5.74, 6) is -1.63. The maximum atomic E-state index is 14.3. The summed E-state index contributed by atoms with van der Waals surface area (Å²) in [7, 11) is -0.445. The van der Waals surface area contributed by atoms with Gasteiger partial charge in [0.1, 0.15) is 33.8 Å². The Kier molecular flexibility index (Phi) is 9.83. The molecule has 14 heteroatoms. The van der Waals surface area contributed by atoms with Gasteiger partial charge in [0.2, 0.25) is 21.8 Å². The van der Waals surface area contributed by atoms with Crippen LogP contribution in [0.2, 0.25) is 0 Å². The second-order valence-corrected chi connectivity index (χ2v) is 17.9. The van der Waals surface area contributed by atoms with Gasteiger partial charge in [-0.15, -0.1) is 11.3 Å². The number of aryl methyl sites for hydroxylation is 1. The Morgan fingerprint density at radius 3 is 2.60 bits per heavy atom. The van der Waals surface area contributed by atoms with E-state index in [2.05, 4.69) is 23.9 Å². The Balaban J connectivity index is 1.21. The number of hydrogen-bond donors (Lipinski definition) is 2. The third kappa shape index (κ3) is 7.03. The van der Waals surface area contributed by atoms with Crippen molar-refractivity contribution in [1.29, 1.82) is 0 Å². The highest BCUT2D eigenvalue weighted by Gasteiger charge is 2.62. The SMILES string of the molecule is COc1ccc2c(O[C@@H]3C[C@H]4C(=O)N[C@]5(C(=O)NS(=O)(=O)C6CC6)C[C@@H]5/C=C/CCCCN(C)C(=O)[C@@H]4C3)cc(-c3nc(C(C)C)cs3)nc2c1C. The Bertz CT molecular complexity index is 2040. The molecule has 2 N–H and O–H groups in total. The van der Waals surface area contributed by atoms with E-state index in [0.717, 1.165) is 40.9 Å². The lowest BCUT2D eigenvalue weighted by molar-refractivity contribution is -0.140. The number of carbonyl (C=O) groups is 3. The van der Waals surface area contributed by atoms with E-state index in [1.54, 1.807) is 19.1 Å². The van der Waals surface area contributed by atoms with E-state index in [1.165, 1.54) is 11.3 Å². The van der Waals surface area contributed by atoms with Crippen LogP contribution in [0.25, 0.3) is 21.6 Å². The highest BCUT2D eigenvalue weighted by Crippen LogP contribution is 2.47. The van der Waals surface area contributed by atoms with Gasteiger partial charge in [0.25, 0.3) is 5.91 Å². The highest BCUT2D eigenvalue weighted by atomic mass is 32.2. The number of ether oxygens (including phenoxy) is 2. The zero-order chi connectivity index (χ0) is 36.9. The van der Waals surface area contributed by atoms with Crippen molar-refractivity contribution in [2.75, 3.05) is 20.7 Å². The van der Waals surface area contributed by atoms with Crippen molar-refractivity contribution in [1.82, 2.24) is 24.9 Å². The van der Waals surface area contributed by atoms with Gasteiger partial charge in [0.15, 0.2) is 0 Å². The number of carbonyl (C=O) groups excluding carboxylic acids is 3. The van der Waals surface area contributed by atoms with Gasteiger partial charge >= 0.3 is 0 Å². The van der Waals surface area contributed by atoms with Crippen molar-refractivity contribution in [2.24, 2.45) is 17.8 Å². The summed E-state index contributed by atoms with van der Waals surface area (Å²) in [6.07, 6.45) is 7.61. The molecule has 3 aromatic rings. The minimum Gasteiger partial charge on any atom is -0.496 e. The Morgan fingerprint density at radius 2 is 1.88 bits per heavy atom. The predicted octanol–water partition coefficient (Wildman–Crippen LogP) is 5.25. The van der Waals surface area contributed by atoms with Crippen LogP contribution in [0.5, 0.6) is 11.5 Å². The number of nitrogens with one attached hydrogen (secondary N) is 2. The quantitative estimate of drug-likeness (QED) is 0.294. The van der Waals surface area contributed by atoms with E-state index in [0.29, 0.717) is 48.5 Å². The molecule has 3 amide bonds. The van der Waals surface area contributed by atoms with Crippen LogP contribution in [-0.2, 0) is 24.4 Å². The van der Waals surface area contributed by atoms with E-state index in [9.17, 15) is 22.8 Å². The third-order valence-corrected chi connectivity index (χ3v) is 13.7. The van der Waals surface area contributed by atoms with Crippen molar-refractivity contribution in [3.8, 4) is 22.2 Å². The third-order valence-electron chi connectivity index (χ3n) is 11.0. The molecule has 7 rings (SSSR count). The fraction of sp³-hybridized carbons (Fsp3) is 0.553. The summed E-state index contributed by atoms with van der Waals surface area (Å²) < 4.78 is 40.2. The summed E-state index contributed by atoms with van der Waals surface area (Å²) in [5.41, 5.74) is 1.79. The predicted molar refractivity (Wildman–Crippen MR) is 199 cm³/mol. The molecule has 3 heterocycles. The number of pyridine rings is 1. The van der Waals surface area contributed by atoms with Gasteiger partial charge in [0.05, 0.1) is 35.4 Å². The van der Waals surface area contributed by atoms with Crippen LogP contribution < -0.4 is 19.5 Å². The van der Waals surface area contributed by atoms with Gasteiger partial charge in [-0.1, -0.05) is 26.0 Å². The molecule has 1 aliphatic heterocycles. The Morgan fingerprint density at radius 1 is 1.12 bits per heavy atom. The van der Waals surface area contributed by atoms with Crippen LogP contribution in [0.15, 0.2) is 35.7 Å². The Labute approximate surface area is 308 Å². The summed E-state index contributed by atoms with van der Waals surface area (Å²) >= 11 is 1.51. The molecular formula is C38H47N5O7S2. The highest BCUT2D eigenvalue weighted by molar-refractivity contribution is 7.91. The zero-order valence-electron chi connectivity index (χ0n) is 30.3. The average molecular weight is 750 g/mol. The number of hydrogen-bond acceptors (Lipinski definition) is 10. The number of amides is 3. The van der Waals surface area contributed by atoms with Crippen molar-refractivity contribution in [2.45, 2.75) is 94.9 Å². The minimum atomic E-state index is -3.83. The second-order valence-electron chi connectivity index (χ2n) is 15.1. The molecule has 3 saturated carbocycles. The van der Waals surface area contributed by atoms with Crippen LogP contribution in [0.4, 0.5) is 0 Å². The molecule has 12 nitrogen and oxygen atoms in total. The smallest absolute Gasteiger partial charge is 0.259 e. The first kappa shape index (κ1) is 36.3. The number of thiazole rings is 1. The lowest BCUT2D eigenvalue weighted by Gasteiger charge is -2.26. The fourth-order valence-corrected chi connectivity index (χ4v) is 9.85. The molecule has 2 aromatic heterocycles. The first-order chi connectivity index (χ1) is 24.8. The average Bonchev–Trinajstić information content (AvgIpc) is 3.98. The molecule has 3 fully saturated rings. The van der Waals surface area contributed by atoms with Crippen molar-refractivity contribution < 1.29 is 32.3 Å². The number of allylic oxidation sites excluding steroid dienone is 1. The maximum absolute atomic E-state index is 14.3. The molecule has 5 atom stereocenters. The normalized spacial score (nSPS) is 27.4. The van der Waals surface area contributed by atoms with E-state index >= 15 is 0 Å². The van der Waals surface area contributed by atoms with Crippen molar-refractivity contribution >= 4 is 50.0 Å². The first-order valence-electron chi connectivity index (χ1n) is 18.2. The summed E-state index contributed by atoms with van der Waals surface area (Å²) in [6, 6.07) is 5.66. The lowest BCUT2D eigenvalue weighted by Crippen LogP contribution is -2.54. The molecule has 52 heavy (non-hydrogen) atoms.